The van der Waals surface area contributed by atoms with Crippen LogP contribution in [0.2, 0.25) is 0 Å². The first-order valence-corrected chi connectivity index (χ1v) is 9.17. The third-order valence-corrected chi connectivity index (χ3v) is 6.21. The second kappa shape index (κ2) is 7.90. The monoisotopic (exact) mass is 341 g/mol. The van der Waals surface area contributed by atoms with E-state index < -0.39 is 15.4 Å². The molecule has 0 atom stereocenters. The highest BCUT2D eigenvalue weighted by Crippen LogP contribution is 2.25. The van der Waals surface area contributed by atoms with E-state index in [1.807, 2.05) is 13.8 Å². The molecule has 0 aromatic heterocycles. The van der Waals surface area contributed by atoms with Crippen LogP contribution in [0.5, 0.6) is 0 Å². The Labute approximate surface area is 139 Å². The van der Waals surface area contributed by atoms with Gasteiger partial charge in [0.05, 0.1) is 10.3 Å². The summed E-state index contributed by atoms with van der Waals surface area (Å²) in [7, 11) is -0.448. The summed E-state index contributed by atoms with van der Waals surface area (Å²) in [5.41, 5.74) is 6.07. The van der Waals surface area contributed by atoms with E-state index in [4.69, 9.17) is 5.73 Å². The van der Waals surface area contributed by atoms with Gasteiger partial charge in [-0.2, -0.15) is 0 Å². The van der Waals surface area contributed by atoms with Crippen LogP contribution in [0, 0.1) is 5.41 Å². The molecule has 0 bridgehead atoms. The van der Waals surface area contributed by atoms with Gasteiger partial charge in [-0.1, -0.05) is 26.0 Å². The van der Waals surface area contributed by atoms with Crippen molar-refractivity contribution >= 4 is 15.9 Å². The van der Waals surface area contributed by atoms with Crippen LogP contribution in [0.4, 0.5) is 0 Å². The summed E-state index contributed by atoms with van der Waals surface area (Å²) in [6.07, 6.45) is 1.37. The standard InChI is InChI=1S/C16H27N3O3S/c1-5-16(6-2,12-17)15(20)18-11-13-7-9-14(10-8-13)23(21,22)19(3)4/h7-10H,5-6,11-12,17H2,1-4H3,(H,18,20). The van der Waals surface area contributed by atoms with E-state index in [1.165, 1.54) is 18.4 Å². The fourth-order valence-electron chi connectivity index (χ4n) is 2.31. The molecular weight excluding hydrogens is 314 g/mol. The average Bonchev–Trinajstić information content (AvgIpc) is 2.55. The van der Waals surface area contributed by atoms with E-state index in [9.17, 15) is 13.2 Å². The van der Waals surface area contributed by atoms with Crippen molar-refractivity contribution in [1.82, 2.24) is 9.62 Å². The molecule has 0 saturated heterocycles. The van der Waals surface area contributed by atoms with Gasteiger partial charge in [-0.15, -0.1) is 0 Å². The molecule has 0 radical (unpaired) electrons. The summed E-state index contributed by atoms with van der Waals surface area (Å²) in [6, 6.07) is 6.51. The van der Waals surface area contributed by atoms with Gasteiger partial charge in [-0.3, -0.25) is 4.79 Å². The molecule has 1 aromatic rings. The van der Waals surface area contributed by atoms with Gasteiger partial charge in [-0.25, -0.2) is 12.7 Å². The normalized spacial score (nSPS) is 12.4. The molecule has 1 aromatic carbocycles. The molecule has 0 fully saturated rings. The Morgan fingerprint density at radius 2 is 1.70 bits per heavy atom. The molecule has 6 nitrogen and oxygen atoms in total. The fraction of sp³-hybridized carbons (Fsp3) is 0.562. The highest BCUT2D eigenvalue weighted by atomic mass is 32.2. The number of benzene rings is 1. The number of nitrogens with zero attached hydrogens (tertiary/aromatic N) is 1. The van der Waals surface area contributed by atoms with E-state index in [0.717, 1.165) is 5.56 Å². The lowest BCUT2D eigenvalue weighted by atomic mass is 9.81. The summed E-state index contributed by atoms with van der Waals surface area (Å²) < 4.78 is 25.2. The number of carbonyl (C=O) groups is 1. The minimum absolute atomic E-state index is 0.0602. The van der Waals surface area contributed by atoms with Crippen LogP contribution >= 0.6 is 0 Å². The van der Waals surface area contributed by atoms with Crippen LogP contribution in [-0.2, 0) is 21.4 Å². The number of amides is 1. The lowest BCUT2D eigenvalue weighted by Gasteiger charge is -2.28. The molecule has 0 aliphatic rings. The van der Waals surface area contributed by atoms with Gasteiger partial charge in [0.2, 0.25) is 15.9 Å². The zero-order valence-electron chi connectivity index (χ0n) is 14.3. The summed E-state index contributed by atoms with van der Waals surface area (Å²) in [4.78, 5) is 12.6. The van der Waals surface area contributed by atoms with E-state index >= 15 is 0 Å². The van der Waals surface area contributed by atoms with Gasteiger partial charge in [0.25, 0.3) is 0 Å². The maximum Gasteiger partial charge on any atom is 0.242 e. The van der Waals surface area contributed by atoms with Crippen molar-refractivity contribution in [3.05, 3.63) is 29.8 Å². The van der Waals surface area contributed by atoms with Crippen LogP contribution in [-0.4, -0.2) is 39.3 Å². The topological polar surface area (TPSA) is 92.5 Å². The second-order valence-corrected chi connectivity index (χ2v) is 7.96. The summed E-state index contributed by atoms with van der Waals surface area (Å²) in [5, 5.41) is 2.89. The Bertz CT molecular complexity index is 612. The molecule has 1 amide bonds. The van der Waals surface area contributed by atoms with E-state index in [0.29, 0.717) is 25.9 Å². The third-order valence-electron chi connectivity index (χ3n) is 4.38. The van der Waals surface area contributed by atoms with E-state index in [-0.39, 0.29) is 10.8 Å². The summed E-state index contributed by atoms with van der Waals surface area (Å²) in [5.74, 6) is -0.0602. The number of nitrogens with two attached hydrogens (primary N) is 1. The van der Waals surface area contributed by atoms with Crippen LogP contribution in [0.15, 0.2) is 29.2 Å². The second-order valence-electron chi connectivity index (χ2n) is 5.81. The predicted molar refractivity (Wildman–Crippen MR) is 91.2 cm³/mol. The molecular formula is C16H27N3O3S. The lowest BCUT2D eigenvalue weighted by molar-refractivity contribution is -0.131. The molecule has 23 heavy (non-hydrogen) atoms. The van der Waals surface area contributed by atoms with Crippen LogP contribution < -0.4 is 11.1 Å². The first-order chi connectivity index (χ1) is 10.7. The van der Waals surface area contributed by atoms with Gasteiger partial charge in [0.1, 0.15) is 0 Å². The van der Waals surface area contributed by atoms with Gasteiger partial charge in [0, 0.05) is 27.2 Å². The Balaban J connectivity index is 2.79. The van der Waals surface area contributed by atoms with Crippen molar-refractivity contribution < 1.29 is 13.2 Å². The van der Waals surface area contributed by atoms with Crippen LogP contribution in [0.3, 0.4) is 0 Å². The molecule has 0 aliphatic heterocycles. The fourth-order valence-corrected chi connectivity index (χ4v) is 3.21. The Morgan fingerprint density at radius 3 is 2.09 bits per heavy atom. The van der Waals surface area contributed by atoms with Gasteiger partial charge in [0.15, 0.2) is 0 Å². The molecule has 7 heteroatoms. The number of hydrogen-bond acceptors (Lipinski definition) is 4. The van der Waals surface area contributed by atoms with Gasteiger partial charge >= 0.3 is 0 Å². The molecule has 3 N–H and O–H groups in total. The van der Waals surface area contributed by atoms with E-state index in [2.05, 4.69) is 5.32 Å². The SMILES string of the molecule is CCC(CC)(CN)C(=O)NCc1ccc(S(=O)(=O)N(C)C)cc1. The summed E-state index contributed by atoms with van der Waals surface area (Å²) in [6.45, 7) is 4.57. The maximum atomic E-state index is 12.4. The van der Waals surface area contributed by atoms with Crippen molar-refractivity contribution in [1.29, 1.82) is 0 Å². The molecule has 0 unspecified atom stereocenters. The predicted octanol–water partition coefficient (Wildman–Crippen LogP) is 1.32. The van der Waals surface area contributed by atoms with Gasteiger partial charge < -0.3 is 11.1 Å². The average molecular weight is 341 g/mol. The van der Waals surface area contributed by atoms with Crippen molar-refractivity contribution in [2.24, 2.45) is 11.1 Å². The Morgan fingerprint density at radius 1 is 1.17 bits per heavy atom. The lowest BCUT2D eigenvalue weighted by Crippen LogP contribution is -2.45. The first-order valence-electron chi connectivity index (χ1n) is 7.73. The van der Waals surface area contributed by atoms with Crippen molar-refractivity contribution in [2.45, 2.75) is 38.1 Å². The Kier molecular flexibility index (Phi) is 6.73. The maximum absolute atomic E-state index is 12.4. The number of hydrogen-bond donors (Lipinski definition) is 2. The number of sulfonamides is 1. The highest BCUT2D eigenvalue weighted by molar-refractivity contribution is 7.89. The molecule has 1 rings (SSSR count). The quantitative estimate of drug-likeness (QED) is 0.746. The molecule has 130 valence electrons. The van der Waals surface area contributed by atoms with Gasteiger partial charge in [-0.05, 0) is 30.5 Å². The smallest absolute Gasteiger partial charge is 0.242 e. The molecule has 0 heterocycles. The molecule has 0 aliphatic carbocycles. The van der Waals surface area contributed by atoms with Crippen molar-refractivity contribution in [3.63, 3.8) is 0 Å². The minimum atomic E-state index is -3.43. The molecule has 0 saturated carbocycles. The van der Waals surface area contributed by atoms with Crippen LogP contribution in [0.1, 0.15) is 32.3 Å². The summed E-state index contributed by atoms with van der Waals surface area (Å²) >= 11 is 0. The highest BCUT2D eigenvalue weighted by Gasteiger charge is 2.32. The Hall–Kier alpha value is -1.44. The van der Waals surface area contributed by atoms with Crippen molar-refractivity contribution in [2.75, 3.05) is 20.6 Å². The number of carbonyl (C=O) groups excluding carboxylic acids is 1. The zero-order chi connectivity index (χ0) is 17.7. The molecule has 0 spiro atoms. The van der Waals surface area contributed by atoms with E-state index in [1.54, 1.807) is 24.3 Å². The van der Waals surface area contributed by atoms with Crippen LogP contribution in [0.25, 0.3) is 0 Å². The first kappa shape index (κ1) is 19.6. The third kappa shape index (κ3) is 4.31. The number of rotatable bonds is 8. The minimum Gasteiger partial charge on any atom is -0.352 e. The zero-order valence-corrected chi connectivity index (χ0v) is 15.1. The largest absolute Gasteiger partial charge is 0.352 e. The van der Waals surface area contributed by atoms with Crippen molar-refractivity contribution in [3.8, 4) is 0 Å². The number of nitrogens with one attached hydrogen (secondary N) is 1.